The lowest BCUT2D eigenvalue weighted by atomic mass is 10.2. The third-order valence-electron chi connectivity index (χ3n) is 9.48. The Bertz CT molecular complexity index is 2700. The van der Waals surface area contributed by atoms with Crippen molar-refractivity contribution in [3.63, 3.8) is 0 Å². The largest absolute Gasteiger partial charge is 0.586 e. The van der Waals surface area contributed by atoms with Crippen molar-refractivity contribution in [3.8, 4) is 34.5 Å². The molecule has 2 heterocycles. The van der Waals surface area contributed by atoms with Crippen LogP contribution in [0.15, 0.2) is 164 Å². The van der Waals surface area contributed by atoms with Crippen LogP contribution in [0.25, 0.3) is 0 Å². The van der Waals surface area contributed by atoms with Gasteiger partial charge in [0.1, 0.15) is 5.75 Å². The lowest BCUT2D eigenvalue weighted by molar-refractivity contribution is -0.288. The molecular formula is C45H30F4I2O7P2. The first kappa shape index (κ1) is 41.9. The highest BCUT2D eigenvalue weighted by Crippen LogP contribution is 2.55. The van der Waals surface area contributed by atoms with Gasteiger partial charge in [0.2, 0.25) is 5.75 Å². The summed E-state index contributed by atoms with van der Waals surface area (Å²) in [5.74, 6) is -0.0971. The number of para-hydroxylation sites is 1. The summed E-state index contributed by atoms with van der Waals surface area (Å²) in [5, 5.41) is 3.15. The smallest absolute Gasteiger partial charge is 0.453 e. The highest BCUT2D eigenvalue weighted by molar-refractivity contribution is 14.1. The molecule has 0 unspecified atom stereocenters. The van der Waals surface area contributed by atoms with E-state index in [4.69, 9.17) is 18.9 Å². The fourth-order valence-electron chi connectivity index (χ4n) is 6.79. The van der Waals surface area contributed by atoms with Gasteiger partial charge in [0.05, 0.1) is 7.14 Å². The second-order valence-corrected chi connectivity index (χ2v) is 21.0. The number of aryl methyl sites for hydroxylation is 1. The van der Waals surface area contributed by atoms with Gasteiger partial charge in [0.15, 0.2) is 37.3 Å². The van der Waals surface area contributed by atoms with Crippen LogP contribution in [0.4, 0.5) is 17.6 Å². The second-order valence-electron chi connectivity index (χ2n) is 13.4. The standard InChI is InChI=1S/C25H16F2IO4P.C20H14F2IO3P/c26-25(27)31-23-20(30-17-10-4-1-5-11-17)16-21(22(28)24(23)32-25)33(29,18-12-6-2-7-13-18)19-14-8-3-9-15-19;1-13-12-16(17(23)19-18(13)25-20(21,22)26-19)27(24,14-8-4-2-5-9-14)15-10-6-3-7-11-15/h1-16H;2-12H,1H3. The summed E-state index contributed by atoms with van der Waals surface area (Å²) in [5.41, 5.74) is 0.449. The Labute approximate surface area is 369 Å². The molecule has 0 saturated carbocycles. The van der Waals surface area contributed by atoms with Crippen LogP contribution < -0.4 is 55.5 Å². The van der Waals surface area contributed by atoms with Gasteiger partial charge in [0, 0.05) is 31.8 Å². The van der Waals surface area contributed by atoms with Gasteiger partial charge in [-0.15, -0.1) is 17.6 Å². The van der Waals surface area contributed by atoms with E-state index in [1.165, 1.54) is 6.07 Å². The first-order chi connectivity index (χ1) is 28.7. The third kappa shape index (κ3) is 7.92. The van der Waals surface area contributed by atoms with E-state index in [1.807, 2.05) is 99.8 Å². The van der Waals surface area contributed by atoms with Gasteiger partial charge >= 0.3 is 12.6 Å². The molecule has 60 heavy (non-hydrogen) atoms. The Morgan fingerprint density at radius 3 is 1.18 bits per heavy atom. The SMILES string of the molecule is Cc1cc(P(=O)(c2ccccc2)c2ccccc2)c(I)c2c1OC(F)(F)O2.O=P(c1ccccc1)(c1ccccc1)c1cc(Oc2ccccc2)c2c(c1I)OC(F)(F)O2. The summed E-state index contributed by atoms with van der Waals surface area (Å²) < 4.78 is 110. The van der Waals surface area contributed by atoms with E-state index in [9.17, 15) is 26.7 Å². The first-order valence-corrected chi connectivity index (χ1v) is 23.7. The second kappa shape index (κ2) is 16.6. The summed E-state index contributed by atoms with van der Waals surface area (Å²) in [6.07, 6.45) is -7.59. The number of alkyl halides is 4. The molecule has 7 aromatic rings. The summed E-state index contributed by atoms with van der Waals surface area (Å²) in [7, 11) is -6.79. The predicted molar refractivity (Wildman–Crippen MR) is 241 cm³/mol. The Hall–Kier alpha value is -4.82. The topological polar surface area (TPSA) is 80.3 Å². The van der Waals surface area contributed by atoms with Crippen molar-refractivity contribution >= 4 is 91.3 Å². The number of hydrogen-bond donors (Lipinski definition) is 0. The molecule has 304 valence electrons. The Kier molecular flexibility index (Phi) is 11.6. The molecule has 7 aromatic carbocycles. The van der Waals surface area contributed by atoms with E-state index < -0.39 is 26.9 Å². The van der Waals surface area contributed by atoms with Crippen LogP contribution in [-0.4, -0.2) is 12.6 Å². The molecule has 7 nitrogen and oxygen atoms in total. The average Bonchev–Trinajstić information content (AvgIpc) is 3.80. The summed E-state index contributed by atoms with van der Waals surface area (Å²) in [4.78, 5) is 0. The zero-order valence-electron chi connectivity index (χ0n) is 31.1. The number of hydrogen-bond acceptors (Lipinski definition) is 7. The number of halogens is 6. The van der Waals surface area contributed by atoms with Crippen LogP contribution >= 0.6 is 59.5 Å². The number of ether oxygens (including phenoxy) is 5. The molecule has 0 amide bonds. The van der Waals surface area contributed by atoms with Crippen LogP contribution in [0.5, 0.6) is 34.5 Å². The van der Waals surface area contributed by atoms with Gasteiger partial charge in [-0.05, 0) is 81.9 Å². The highest BCUT2D eigenvalue weighted by Gasteiger charge is 2.49. The van der Waals surface area contributed by atoms with Gasteiger partial charge in [-0.2, -0.15) is 0 Å². The first-order valence-electron chi connectivity index (χ1n) is 18.1. The van der Waals surface area contributed by atoms with Gasteiger partial charge in [-0.3, -0.25) is 0 Å². The molecule has 0 saturated heterocycles. The summed E-state index contributed by atoms with van der Waals surface area (Å²) >= 11 is 3.79. The molecule has 0 aromatic heterocycles. The van der Waals surface area contributed by atoms with Crippen molar-refractivity contribution in [3.05, 3.63) is 176 Å². The van der Waals surface area contributed by atoms with E-state index in [1.54, 1.807) is 110 Å². The number of rotatable bonds is 8. The van der Waals surface area contributed by atoms with Crippen molar-refractivity contribution in [1.82, 2.24) is 0 Å². The summed E-state index contributed by atoms with van der Waals surface area (Å²) in [6.45, 7) is 1.64. The maximum Gasteiger partial charge on any atom is 0.586 e. The van der Waals surface area contributed by atoms with Gasteiger partial charge in [0.25, 0.3) is 0 Å². The molecule has 2 aliphatic heterocycles. The third-order valence-corrected chi connectivity index (χ3v) is 18.6. The zero-order chi connectivity index (χ0) is 42.3. The van der Waals surface area contributed by atoms with Crippen LogP contribution in [0.1, 0.15) is 5.56 Å². The Balaban J connectivity index is 0.000000170. The normalized spacial score (nSPS) is 14.5. The van der Waals surface area contributed by atoms with Crippen molar-refractivity contribution in [2.45, 2.75) is 19.5 Å². The maximum absolute atomic E-state index is 14.9. The zero-order valence-corrected chi connectivity index (χ0v) is 37.2. The van der Waals surface area contributed by atoms with Crippen LogP contribution in [0, 0.1) is 14.1 Å². The molecule has 0 aliphatic carbocycles. The monoisotopic (exact) mass is 1070 g/mol. The molecule has 0 fully saturated rings. The highest BCUT2D eigenvalue weighted by atomic mass is 127. The fraction of sp³-hybridized carbons (Fsp3) is 0.0667. The van der Waals surface area contributed by atoms with E-state index >= 15 is 0 Å². The van der Waals surface area contributed by atoms with E-state index in [-0.39, 0.29) is 32.3 Å². The lowest BCUT2D eigenvalue weighted by Gasteiger charge is -2.22. The molecule has 0 radical (unpaired) electrons. The minimum Gasteiger partial charge on any atom is -0.453 e. The molecule has 0 spiro atoms. The molecule has 2 aliphatic rings. The van der Waals surface area contributed by atoms with E-state index in [0.717, 1.165) is 0 Å². The minimum absolute atomic E-state index is 0.00382. The summed E-state index contributed by atoms with van der Waals surface area (Å²) in [6, 6.07) is 47.8. The Morgan fingerprint density at radius 1 is 0.467 bits per heavy atom. The molecule has 0 atom stereocenters. The lowest BCUT2D eigenvalue weighted by Crippen LogP contribution is -2.28. The average molecular weight is 1070 g/mol. The van der Waals surface area contributed by atoms with E-state index in [0.29, 0.717) is 46.7 Å². The fourth-order valence-corrected chi connectivity index (χ4v) is 15.4. The van der Waals surface area contributed by atoms with Crippen molar-refractivity contribution < 1.29 is 50.4 Å². The van der Waals surface area contributed by atoms with E-state index in [2.05, 4.69) is 4.74 Å². The van der Waals surface area contributed by atoms with Gasteiger partial charge in [-0.25, -0.2) is 0 Å². The van der Waals surface area contributed by atoms with Crippen molar-refractivity contribution in [2.24, 2.45) is 0 Å². The Morgan fingerprint density at radius 2 is 0.783 bits per heavy atom. The molecular weight excluding hydrogens is 1040 g/mol. The number of fused-ring (bicyclic) bond motifs is 2. The molecule has 0 N–H and O–H groups in total. The van der Waals surface area contributed by atoms with Crippen LogP contribution in [0.3, 0.4) is 0 Å². The minimum atomic E-state index is -3.86. The van der Waals surface area contributed by atoms with Gasteiger partial charge < -0.3 is 32.8 Å². The van der Waals surface area contributed by atoms with Gasteiger partial charge in [-0.1, -0.05) is 140 Å². The van der Waals surface area contributed by atoms with Crippen LogP contribution in [0.2, 0.25) is 0 Å². The maximum atomic E-state index is 14.9. The molecule has 0 bridgehead atoms. The molecule has 9 rings (SSSR count). The predicted octanol–water partition coefficient (Wildman–Crippen LogP) is 10.6. The van der Waals surface area contributed by atoms with Crippen LogP contribution in [-0.2, 0) is 9.13 Å². The van der Waals surface area contributed by atoms with Crippen molar-refractivity contribution in [1.29, 1.82) is 0 Å². The number of benzene rings is 7. The quantitative estimate of drug-likeness (QED) is 0.0852. The molecule has 15 heteroatoms. The van der Waals surface area contributed by atoms with Crippen molar-refractivity contribution in [2.75, 3.05) is 0 Å².